The number of rotatable bonds is 4. The van der Waals surface area contributed by atoms with Crippen LogP contribution in [-0.4, -0.2) is 17.3 Å². The summed E-state index contributed by atoms with van der Waals surface area (Å²) in [6, 6.07) is 7.08. The second-order valence-corrected chi connectivity index (χ2v) is 5.06. The highest BCUT2D eigenvalue weighted by Gasteiger charge is 2.11. The molecule has 1 aromatic heterocycles. The lowest BCUT2D eigenvalue weighted by atomic mass is 10.2. The minimum absolute atomic E-state index is 0.0270. The maximum absolute atomic E-state index is 11.7. The number of halogens is 1. The van der Waals surface area contributed by atoms with E-state index < -0.39 is 0 Å². The summed E-state index contributed by atoms with van der Waals surface area (Å²) in [7, 11) is 0. The first-order valence-corrected chi connectivity index (χ1v) is 6.54. The second-order valence-electron chi connectivity index (χ2n) is 3.35. The first kappa shape index (κ1) is 11.6. The molecule has 0 aliphatic heterocycles. The molecular weight excluding hydrogens is 244 g/mol. The number of hydrogen-bond acceptors (Lipinski definition) is 3. The summed E-state index contributed by atoms with van der Waals surface area (Å²) < 4.78 is 5.46. The Morgan fingerprint density at radius 2 is 2.25 bits per heavy atom. The number of hydrogen-bond donors (Lipinski definition) is 0. The van der Waals surface area contributed by atoms with Gasteiger partial charge in [-0.05, 0) is 30.0 Å². The van der Waals surface area contributed by atoms with E-state index in [9.17, 15) is 4.79 Å². The van der Waals surface area contributed by atoms with Crippen LogP contribution in [0.3, 0.4) is 0 Å². The average molecular weight is 255 g/mol. The van der Waals surface area contributed by atoms with Crippen molar-refractivity contribution in [2.24, 2.45) is 0 Å². The second kappa shape index (κ2) is 4.93. The molecular formula is C12H11ClO2S. The molecule has 2 aromatic rings. The highest BCUT2D eigenvalue weighted by atomic mass is 35.5. The number of fused-ring (bicyclic) bond motifs is 1. The van der Waals surface area contributed by atoms with Gasteiger partial charge in [0.15, 0.2) is 5.76 Å². The summed E-state index contributed by atoms with van der Waals surface area (Å²) in [5, 5.41) is 1.52. The van der Waals surface area contributed by atoms with E-state index in [0.717, 1.165) is 11.1 Å². The minimum atomic E-state index is 0.0270. The number of thioether (sulfide) groups is 1. The van der Waals surface area contributed by atoms with Crippen LogP contribution in [0.5, 0.6) is 0 Å². The largest absolute Gasteiger partial charge is 0.453 e. The molecule has 0 radical (unpaired) electrons. The minimum Gasteiger partial charge on any atom is -0.453 e. The zero-order valence-corrected chi connectivity index (χ0v) is 10.4. The van der Waals surface area contributed by atoms with Crippen molar-refractivity contribution in [2.75, 3.05) is 11.5 Å². The van der Waals surface area contributed by atoms with Gasteiger partial charge in [0.2, 0.25) is 5.78 Å². The molecule has 0 saturated carbocycles. The fourth-order valence-corrected chi connectivity index (χ4v) is 2.13. The third-order valence-corrected chi connectivity index (χ3v) is 3.30. The van der Waals surface area contributed by atoms with E-state index in [1.165, 1.54) is 0 Å². The van der Waals surface area contributed by atoms with Gasteiger partial charge in [0, 0.05) is 10.4 Å². The Bertz CT molecular complexity index is 519. The number of furan rings is 1. The number of benzene rings is 1. The normalized spacial score (nSPS) is 10.9. The van der Waals surface area contributed by atoms with Crippen molar-refractivity contribution >= 4 is 40.1 Å². The topological polar surface area (TPSA) is 30.2 Å². The molecule has 0 saturated heterocycles. The van der Waals surface area contributed by atoms with E-state index in [2.05, 4.69) is 0 Å². The lowest BCUT2D eigenvalue weighted by Gasteiger charge is -1.93. The van der Waals surface area contributed by atoms with Gasteiger partial charge in [0.1, 0.15) is 5.58 Å². The van der Waals surface area contributed by atoms with Gasteiger partial charge in [-0.1, -0.05) is 18.5 Å². The number of Topliss-reactive ketones (excluding diaryl/α,β-unsaturated/α-hetero) is 1. The number of carbonyl (C=O) groups excluding carboxylic acids is 1. The number of carbonyl (C=O) groups is 1. The Balaban J connectivity index is 2.28. The maximum Gasteiger partial charge on any atom is 0.207 e. The van der Waals surface area contributed by atoms with Gasteiger partial charge in [-0.2, -0.15) is 11.8 Å². The van der Waals surface area contributed by atoms with Crippen LogP contribution in [0.2, 0.25) is 5.02 Å². The van der Waals surface area contributed by atoms with Crippen LogP contribution in [-0.2, 0) is 0 Å². The average Bonchev–Trinajstić information content (AvgIpc) is 2.68. The van der Waals surface area contributed by atoms with Crippen LogP contribution in [0.1, 0.15) is 17.5 Å². The van der Waals surface area contributed by atoms with Crippen molar-refractivity contribution < 1.29 is 9.21 Å². The molecule has 2 nitrogen and oxygen atoms in total. The number of ketones is 1. The van der Waals surface area contributed by atoms with Gasteiger partial charge in [-0.15, -0.1) is 0 Å². The molecule has 0 aliphatic rings. The standard InChI is InChI=1S/C12H11ClO2S/c1-2-16-7-10(14)12-6-8-5-9(13)3-4-11(8)15-12/h3-6H,2,7H2,1H3. The first-order chi connectivity index (χ1) is 7.70. The summed E-state index contributed by atoms with van der Waals surface area (Å²) >= 11 is 7.45. The zero-order valence-electron chi connectivity index (χ0n) is 8.83. The van der Waals surface area contributed by atoms with Gasteiger partial charge in [0.05, 0.1) is 5.75 Å². The van der Waals surface area contributed by atoms with Crippen LogP contribution < -0.4 is 0 Å². The van der Waals surface area contributed by atoms with Crippen molar-refractivity contribution in [1.82, 2.24) is 0 Å². The lowest BCUT2D eigenvalue weighted by Crippen LogP contribution is -2.00. The monoisotopic (exact) mass is 254 g/mol. The highest BCUT2D eigenvalue weighted by molar-refractivity contribution is 7.99. The van der Waals surface area contributed by atoms with Gasteiger partial charge in [-0.3, -0.25) is 4.79 Å². The highest BCUT2D eigenvalue weighted by Crippen LogP contribution is 2.23. The van der Waals surface area contributed by atoms with Crippen molar-refractivity contribution in [1.29, 1.82) is 0 Å². The summed E-state index contributed by atoms with van der Waals surface area (Å²) in [4.78, 5) is 11.7. The van der Waals surface area contributed by atoms with E-state index in [4.69, 9.17) is 16.0 Å². The molecule has 0 unspecified atom stereocenters. The fraction of sp³-hybridized carbons (Fsp3) is 0.250. The molecule has 84 valence electrons. The van der Waals surface area contributed by atoms with E-state index in [1.54, 1.807) is 36.0 Å². The van der Waals surface area contributed by atoms with E-state index in [0.29, 0.717) is 22.1 Å². The first-order valence-electron chi connectivity index (χ1n) is 5.00. The zero-order chi connectivity index (χ0) is 11.5. The van der Waals surface area contributed by atoms with Crippen LogP contribution in [0.25, 0.3) is 11.0 Å². The fourth-order valence-electron chi connectivity index (χ4n) is 1.42. The molecule has 1 heterocycles. The molecule has 4 heteroatoms. The van der Waals surface area contributed by atoms with Gasteiger partial charge >= 0.3 is 0 Å². The predicted molar refractivity (Wildman–Crippen MR) is 68.6 cm³/mol. The molecule has 1 aromatic carbocycles. The third kappa shape index (κ3) is 2.42. The van der Waals surface area contributed by atoms with Crippen LogP contribution in [0.4, 0.5) is 0 Å². The third-order valence-electron chi connectivity index (χ3n) is 2.19. The molecule has 0 amide bonds. The summed E-state index contributed by atoms with van der Waals surface area (Å²) in [6.07, 6.45) is 0. The molecule has 0 N–H and O–H groups in total. The molecule has 0 spiro atoms. The van der Waals surface area contributed by atoms with Crippen LogP contribution >= 0.6 is 23.4 Å². The SMILES string of the molecule is CCSCC(=O)c1cc2cc(Cl)ccc2o1. The lowest BCUT2D eigenvalue weighted by molar-refractivity contribution is 0.0994. The Hall–Kier alpha value is -0.930. The Morgan fingerprint density at radius 1 is 1.44 bits per heavy atom. The summed E-state index contributed by atoms with van der Waals surface area (Å²) in [5.41, 5.74) is 0.703. The van der Waals surface area contributed by atoms with Crippen LogP contribution in [0.15, 0.2) is 28.7 Å². The molecule has 16 heavy (non-hydrogen) atoms. The van der Waals surface area contributed by atoms with Gasteiger partial charge < -0.3 is 4.42 Å². The van der Waals surface area contributed by atoms with E-state index in [-0.39, 0.29) is 5.78 Å². The smallest absolute Gasteiger partial charge is 0.207 e. The summed E-state index contributed by atoms with van der Waals surface area (Å²) in [5.74, 6) is 1.83. The van der Waals surface area contributed by atoms with Crippen molar-refractivity contribution in [3.8, 4) is 0 Å². The molecule has 0 fully saturated rings. The van der Waals surface area contributed by atoms with Crippen molar-refractivity contribution in [3.05, 3.63) is 35.0 Å². The Morgan fingerprint density at radius 3 is 3.00 bits per heavy atom. The predicted octanol–water partition coefficient (Wildman–Crippen LogP) is 4.02. The van der Waals surface area contributed by atoms with E-state index >= 15 is 0 Å². The molecule has 0 atom stereocenters. The van der Waals surface area contributed by atoms with Gasteiger partial charge in [-0.25, -0.2) is 0 Å². The van der Waals surface area contributed by atoms with Crippen LogP contribution in [0, 0.1) is 0 Å². The maximum atomic E-state index is 11.7. The Kier molecular flexibility index (Phi) is 3.56. The quantitative estimate of drug-likeness (QED) is 0.772. The molecule has 2 rings (SSSR count). The van der Waals surface area contributed by atoms with Crippen molar-refractivity contribution in [2.45, 2.75) is 6.92 Å². The Labute approximate surface area is 103 Å². The van der Waals surface area contributed by atoms with Crippen molar-refractivity contribution in [3.63, 3.8) is 0 Å². The summed E-state index contributed by atoms with van der Waals surface area (Å²) in [6.45, 7) is 2.02. The molecule has 0 aliphatic carbocycles. The molecule has 0 bridgehead atoms. The van der Waals surface area contributed by atoms with E-state index in [1.807, 2.05) is 6.92 Å². The van der Waals surface area contributed by atoms with Gasteiger partial charge in [0.25, 0.3) is 0 Å².